The Kier molecular flexibility index (Phi) is 3.58. The maximum absolute atomic E-state index is 10.9. The lowest BCUT2D eigenvalue weighted by Crippen LogP contribution is -2.24. The molecular weight excluding hydrogens is 268 g/mol. The van der Waals surface area contributed by atoms with Crippen molar-refractivity contribution < 1.29 is 10.0 Å². The summed E-state index contributed by atoms with van der Waals surface area (Å²) in [6, 6.07) is 13.1. The van der Waals surface area contributed by atoms with Gasteiger partial charge >= 0.3 is 0 Å². The molecule has 0 spiro atoms. The SMILES string of the molecule is O=[N+]([O-])c1ccc(N2CCCc3ccccc32)cc1CO. The zero-order valence-electron chi connectivity index (χ0n) is 11.5. The van der Waals surface area contributed by atoms with Crippen LogP contribution in [0.2, 0.25) is 0 Å². The number of hydrogen-bond donors (Lipinski definition) is 1. The van der Waals surface area contributed by atoms with E-state index in [1.54, 1.807) is 12.1 Å². The smallest absolute Gasteiger partial charge is 0.275 e. The van der Waals surface area contributed by atoms with E-state index in [-0.39, 0.29) is 12.3 Å². The van der Waals surface area contributed by atoms with E-state index in [2.05, 4.69) is 17.0 Å². The average Bonchev–Trinajstić information content (AvgIpc) is 2.53. The molecule has 0 unspecified atom stereocenters. The molecule has 108 valence electrons. The summed E-state index contributed by atoms with van der Waals surface area (Å²) in [6.07, 6.45) is 2.09. The molecule has 0 radical (unpaired) electrons. The van der Waals surface area contributed by atoms with Crippen LogP contribution in [0.4, 0.5) is 17.1 Å². The van der Waals surface area contributed by atoms with Gasteiger partial charge in [0.15, 0.2) is 0 Å². The molecule has 3 rings (SSSR count). The summed E-state index contributed by atoms with van der Waals surface area (Å²) in [7, 11) is 0. The monoisotopic (exact) mass is 284 g/mol. The van der Waals surface area contributed by atoms with Gasteiger partial charge in [0, 0.05) is 24.0 Å². The molecular formula is C16H16N2O3. The Bertz CT molecular complexity index is 685. The number of rotatable bonds is 3. The Labute approximate surface area is 122 Å². The number of para-hydroxylation sites is 1. The van der Waals surface area contributed by atoms with E-state index >= 15 is 0 Å². The van der Waals surface area contributed by atoms with Crippen LogP contribution in [0.1, 0.15) is 17.5 Å². The minimum absolute atomic E-state index is 0.0356. The number of benzene rings is 2. The van der Waals surface area contributed by atoms with Gasteiger partial charge in [0.2, 0.25) is 0 Å². The van der Waals surface area contributed by atoms with Crippen LogP contribution < -0.4 is 4.90 Å². The molecule has 2 aromatic carbocycles. The zero-order valence-corrected chi connectivity index (χ0v) is 11.5. The van der Waals surface area contributed by atoms with Crippen LogP contribution >= 0.6 is 0 Å². The molecule has 0 aliphatic carbocycles. The van der Waals surface area contributed by atoms with Crippen molar-refractivity contribution in [3.05, 3.63) is 63.7 Å². The number of aliphatic hydroxyl groups is 1. The number of anilines is 2. The third-order valence-corrected chi connectivity index (χ3v) is 3.85. The molecule has 1 aliphatic heterocycles. The molecule has 0 saturated heterocycles. The highest BCUT2D eigenvalue weighted by atomic mass is 16.6. The van der Waals surface area contributed by atoms with Crippen LogP contribution in [-0.2, 0) is 13.0 Å². The lowest BCUT2D eigenvalue weighted by molar-refractivity contribution is -0.385. The molecule has 0 aromatic heterocycles. The minimum atomic E-state index is -0.459. The quantitative estimate of drug-likeness (QED) is 0.694. The lowest BCUT2D eigenvalue weighted by Gasteiger charge is -2.31. The third kappa shape index (κ3) is 2.48. The highest BCUT2D eigenvalue weighted by Crippen LogP contribution is 2.35. The molecule has 0 bridgehead atoms. The van der Waals surface area contributed by atoms with Gasteiger partial charge in [0.25, 0.3) is 5.69 Å². The van der Waals surface area contributed by atoms with Gasteiger partial charge in [-0.1, -0.05) is 18.2 Å². The van der Waals surface area contributed by atoms with Gasteiger partial charge in [-0.2, -0.15) is 0 Å². The second kappa shape index (κ2) is 5.54. The fraction of sp³-hybridized carbons (Fsp3) is 0.250. The van der Waals surface area contributed by atoms with Crippen molar-refractivity contribution in [3.63, 3.8) is 0 Å². The molecule has 1 aliphatic rings. The first-order valence-corrected chi connectivity index (χ1v) is 6.94. The van der Waals surface area contributed by atoms with Crippen molar-refractivity contribution in [1.29, 1.82) is 0 Å². The number of aliphatic hydroxyl groups excluding tert-OH is 1. The van der Waals surface area contributed by atoms with Crippen molar-refractivity contribution >= 4 is 17.1 Å². The highest BCUT2D eigenvalue weighted by molar-refractivity contribution is 5.69. The van der Waals surface area contributed by atoms with E-state index in [9.17, 15) is 15.2 Å². The van der Waals surface area contributed by atoms with Crippen LogP contribution in [0.3, 0.4) is 0 Å². The standard InChI is InChI=1S/C16H16N2O3/c19-11-13-10-14(7-8-16(13)18(20)21)17-9-3-5-12-4-1-2-6-15(12)17/h1-2,4,6-8,10,19H,3,5,9,11H2. The summed E-state index contributed by atoms with van der Waals surface area (Å²) < 4.78 is 0. The van der Waals surface area contributed by atoms with Gasteiger partial charge < -0.3 is 10.0 Å². The molecule has 0 atom stereocenters. The molecule has 5 heteroatoms. The van der Waals surface area contributed by atoms with Gasteiger partial charge in [-0.25, -0.2) is 0 Å². The Morgan fingerprint density at radius 2 is 2.05 bits per heavy atom. The fourth-order valence-corrected chi connectivity index (χ4v) is 2.85. The minimum Gasteiger partial charge on any atom is -0.391 e. The molecule has 0 saturated carbocycles. The van der Waals surface area contributed by atoms with E-state index < -0.39 is 4.92 Å². The predicted molar refractivity (Wildman–Crippen MR) is 80.8 cm³/mol. The van der Waals surface area contributed by atoms with Crippen molar-refractivity contribution in [1.82, 2.24) is 0 Å². The summed E-state index contributed by atoms with van der Waals surface area (Å²) in [4.78, 5) is 12.6. The highest BCUT2D eigenvalue weighted by Gasteiger charge is 2.20. The van der Waals surface area contributed by atoms with Gasteiger partial charge in [0.05, 0.1) is 17.1 Å². The Morgan fingerprint density at radius 3 is 2.81 bits per heavy atom. The Balaban J connectivity index is 2.04. The van der Waals surface area contributed by atoms with Crippen molar-refractivity contribution in [2.75, 3.05) is 11.4 Å². The summed E-state index contributed by atoms with van der Waals surface area (Å²) in [5, 5.41) is 20.3. The molecule has 21 heavy (non-hydrogen) atoms. The van der Waals surface area contributed by atoms with Crippen LogP contribution in [0.5, 0.6) is 0 Å². The van der Waals surface area contributed by atoms with Crippen molar-refractivity contribution in [2.45, 2.75) is 19.4 Å². The van der Waals surface area contributed by atoms with Gasteiger partial charge in [-0.3, -0.25) is 10.1 Å². The van der Waals surface area contributed by atoms with E-state index in [4.69, 9.17) is 0 Å². The molecule has 1 N–H and O–H groups in total. The number of aryl methyl sites for hydroxylation is 1. The summed E-state index contributed by atoms with van der Waals surface area (Å²) >= 11 is 0. The Hall–Kier alpha value is -2.40. The third-order valence-electron chi connectivity index (χ3n) is 3.85. The summed E-state index contributed by atoms with van der Waals surface area (Å²) in [5.41, 5.74) is 3.62. The molecule has 1 heterocycles. The molecule has 5 nitrogen and oxygen atoms in total. The average molecular weight is 284 g/mol. The number of nitrogens with zero attached hydrogens (tertiary/aromatic N) is 2. The molecule has 0 amide bonds. The first-order chi connectivity index (χ1) is 10.2. The van der Waals surface area contributed by atoms with Crippen LogP contribution in [0.25, 0.3) is 0 Å². The number of fused-ring (bicyclic) bond motifs is 1. The van der Waals surface area contributed by atoms with Crippen molar-refractivity contribution in [2.24, 2.45) is 0 Å². The summed E-state index contributed by atoms with van der Waals surface area (Å²) in [6.45, 7) is 0.541. The molecule has 0 fully saturated rings. The lowest BCUT2D eigenvalue weighted by atomic mass is 10.0. The van der Waals surface area contributed by atoms with Gasteiger partial charge in [-0.05, 0) is 36.6 Å². The maximum atomic E-state index is 10.9. The normalized spacial score (nSPS) is 13.9. The second-order valence-corrected chi connectivity index (χ2v) is 5.11. The first kappa shape index (κ1) is 13.6. The topological polar surface area (TPSA) is 66.6 Å². The predicted octanol–water partition coefficient (Wildman–Crippen LogP) is 3.17. The largest absolute Gasteiger partial charge is 0.391 e. The van der Waals surface area contributed by atoms with E-state index in [0.29, 0.717) is 5.56 Å². The number of hydrogen-bond acceptors (Lipinski definition) is 4. The molecule has 2 aromatic rings. The number of nitro groups is 1. The second-order valence-electron chi connectivity index (χ2n) is 5.11. The maximum Gasteiger partial charge on any atom is 0.275 e. The van der Waals surface area contributed by atoms with Crippen molar-refractivity contribution in [3.8, 4) is 0 Å². The van der Waals surface area contributed by atoms with Crippen LogP contribution in [0.15, 0.2) is 42.5 Å². The summed E-state index contributed by atoms with van der Waals surface area (Å²) in [5.74, 6) is 0. The zero-order chi connectivity index (χ0) is 14.8. The van der Waals surface area contributed by atoms with E-state index in [1.165, 1.54) is 11.6 Å². The fourth-order valence-electron chi connectivity index (χ4n) is 2.85. The Morgan fingerprint density at radius 1 is 1.24 bits per heavy atom. The van der Waals surface area contributed by atoms with Crippen LogP contribution in [0, 0.1) is 10.1 Å². The van der Waals surface area contributed by atoms with E-state index in [0.717, 1.165) is 30.8 Å². The van der Waals surface area contributed by atoms with E-state index in [1.807, 2.05) is 12.1 Å². The number of nitro benzene ring substituents is 1. The van der Waals surface area contributed by atoms with Gasteiger partial charge in [0.1, 0.15) is 0 Å². The van der Waals surface area contributed by atoms with Crippen LogP contribution in [-0.4, -0.2) is 16.6 Å². The first-order valence-electron chi connectivity index (χ1n) is 6.94. The van der Waals surface area contributed by atoms with Gasteiger partial charge in [-0.15, -0.1) is 0 Å².